The Hall–Kier alpha value is -2.21. The first-order valence-electron chi connectivity index (χ1n) is 5.80. The van der Waals surface area contributed by atoms with Gasteiger partial charge in [0.15, 0.2) is 6.23 Å². The maximum absolute atomic E-state index is 5.37. The monoisotopic (exact) mass is 241 g/mol. The van der Waals surface area contributed by atoms with Crippen molar-refractivity contribution in [3.8, 4) is 11.3 Å². The summed E-state index contributed by atoms with van der Waals surface area (Å²) < 4.78 is 9.08. The van der Waals surface area contributed by atoms with Crippen LogP contribution in [0.4, 0.5) is 0 Å². The summed E-state index contributed by atoms with van der Waals surface area (Å²) in [6, 6.07) is 1.94. The largest absolute Gasteiger partial charge is 0.346 e. The molecular formula is C12H11N5O. The highest BCUT2D eigenvalue weighted by molar-refractivity contribution is 5.61. The second-order valence-electron chi connectivity index (χ2n) is 4.41. The smallest absolute Gasteiger partial charge is 0.176 e. The summed E-state index contributed by atoms with van der Waals surface area (Å²) in [4.78, 5) is 8.63. The van der Waals surface area contributed by atoms with Crippen LogP contribution in [0.5, 0.6) is 0 Å². The molecule has 3 aromatic heterocycles. The van der Waals surface area contributed by atoms with Crippen LogP contribution in [0.25, 0.3) is 16.9 Å². The molecule has 2 atom stereocenters. The van der Waals surface area contributed by atoms with Crippen molar-refractivity contribution in [2.24, 2.45) is 0 Å². The number of imidazole rings is 1. The van der Waals surface area contributed by atoms with Gasteiger partial charge in [-0.1, -0.05) is 0 Å². The first-order valence-corrected chi connectivity index (χ1v) is 5.80. The van der Waals surface area contributed by atoms with Crippen molar-refractivity contribution >= 4 is 5.65 Å². The van der Waals surface area contributed by atoms with Gasteiger partial charge in [-0.2, -0.15) is 5.10 Å². The van der Waals surface area contributed by atoms with E-state index in [1.807, 2.05) is 34.5 Å². The van der Waals surface area contributed by atoms with Crippen LogP contribution in [0.1, 0.15) is 13.2 Å². The van der Waals surface area contributed by atoms with Gasteiger partial charge in [0.1, 0.15) is 18.1 Å². The zero-order valence-electron chi connectivity index (χ0n) is 9.76. The summed E-state index contributed by atoms with van der Waals surface area (Å²) >= 11 is 0. The molecular weight excluding hydrogens is 230 g/mol. The van der Waals surface area contributed by atoms with Crippen molar-refractivity contribution in [2.75, 3.05) is 0 Å². The quantitative estimate of drug-likeness (QED) is 0.638. The zero-order valence-corrected chi connectivity index (χ0v) is 9.76. The molecule has 6 nitrogen and oxygen atoms in total. The molecule has 90 valence electrons. The number of ether oxygens (including phenoxy) is 1. The van der Waals surface area contributed by atoms with Gasteiger partial charge in [0.2, 0.25) is 0 Å². The number of aromatic nitrogens is 5. The average Bonchev–Trinajstić information content (AvgIpc) is 2.88. The summed E-state index contributed by atoms with van der Waals surface area (Å²) in [6.45, 7) is 2.03. The van der Waals surface area contributed by atoms with Crippen molar-refractivity contribution in [3.05, 3.63) is 37.2 Å². The molecule has 0 aromatic carbocycles. The van der Waals surface area contributed by atoms with E-state index in [2.05, 4.69) is 15.1 Å². The molecule has 4 rings (SSSR count). The highest BCUT2D eigenvalue weighted by Gasteiger charge is 2.36. The van der Waals surface area contributed by atoms with Crippen LogP contribution in [-0.2, 0) is 4.74 Å². The Balaban J connectivity index is 1.74. The lowest BCUT2D eigenvalue weighted by Gasteiger charge is -1.97. The normalized spacial score (nSPS) is 22.5. The van der Waals surface area contributed by atoms with Crippen molar-refractivity contribution in [1.82, 2.24) is 24.1 Å². The molecule has 0 radical (unpaired) electrons. The van der Waals surface area contributed by atoms with Gasteiger partial charge < -0.3 is 4.74 Å². The van der Waals surface area contributed by atoms with E-state index in [9.17, 15) is 0 Å². The third-order valence-electron chi connectivity index (χ3n) is 3.12. The number of hydrogen-bond acceptors (Lipinski definition) is 4. The molecule has 1 saturated heterocycles. The second-order valence-corrected chi connectivity index (χ2v) is 4.41. The van der Waals surface area contributed by atoms with E-state index in [0.29, 0.717) is 0 Å². The molecule has 0 amide bonds. The molecule has 0 aliphatic carbocycles. The Kier molecular flexibility index (Phi) is 1.84. The Labute approximate surface area is 103 Å². The SMILES string of the molecule is CC1OC1n1cc(-c2cc3nccn3cn2)cn1. The van der Waals surface area contributed by atoms with Gasteiger partial charge in [-0.05, 0) is 6.92 Å². The van der Waals surface area contributed by atoms with E-state index in [1.165, 1.54) is 0 Å². The molecule has 0 spiro atoms. The first-order chi connectivity index (χ1) is 8.81. The minimum atomic E-state index is 0.0777. The Morgan fingerprint density at radius 1 is 1.33 bits per heavy atom. The number of nitrogens with zero attached hydrogens (tertiary/aromatic N) is 5. The van der Waals surface area contributed by atoms with Crippen LogP contribution in [0, 0.1) is 0 Å². The van der Waals surface area contributed by atoms with E-state index in [-0.39, 0.29) is 12.3 Å². The van der Waals surface area contributed by atoms with Crippen LogP contribution >= 0.6 is 0 Å². The average molecular weight is 241 g/mol. The fourth-order valence-corrected chi connectivity index (χ4v) is 2.04. The maximum atomic E-state index is 5.37. The third kappa shape index (κ3) is 1.42. The van der Waals surface area contributed by atoms with Gasteiger partial charge in [0, 0.05) is 30.2 Å². The summed E-state index contributed by atoms with van der Waals surface area (Å²) in [7, 11) is 0. The van der Waals surface area contributed by atoms with Crippen LogP contribution < -0.4 is 0 Å². The molecule has 3 aromatic rings. The highest BCUT2D eigenvalue weighted by atomic mass is 16.6. The summed E-state index contributed by atoms with van der Waals surface area (Å²) in [6.07, 6.45) is 9.46. The van der Waals surface area contributed by atoms with Crippen LogP contribution in [0.3, 0.4) is 0 Å². The Bertz CT molecular complexity index is 716. The van der Waals surface area contributed by atoms with E-state index >= 15 is 0 Å². The minimum absolute atomic E-state index is 0.0777. The molecule has 18 heavy (non-hydrogen) atoms. The number of fused-ring (bicyclic) bond motifs is 1. The van der Waals surface area contributed by atoms with Crippen molar-refractivity contribution in [3.63, 3.8) is 0 Å². The lowest BCUT2D eigenvalue weighted by atomic mass is 10.2. The van der Waals surface area contributed by atoms with Gasteiger partial charge >= 0.3 is 0 Å². The third-order valence-corrected chi connectivity index (χ3v) is 3.12. The standard InChI is InChI=1S/C12H11N5O/c1-8-12(18-8)17-6-9(5-15-17)10-4-11-13-2-3-16(11)7-14-10/h2-8,12H,1H3. The van der Waals surface area contributed by atoms with Crippen LogP contribution in [0.15, 0.2) is 37.2 Å². The predicted octanol–water partition coefficient (Wildman–Crippen LogP) is 1.51. The number of rotatable bonds is 2. The van der Waals surface area contributed by atoms with Gasteiger partial charge in [0.25, 0.3) is 0 Å². The Morgan fingerprint density at radius 2 is 2.22 bits per heavy atom. The summed E-state index contributed by atoms with van der Waals surface area (Å²) in [5, 5.41) is 4.30. The van der Waals surface area contributed by atoms with Crippen molar-refractivity contribution < 1.29 is 4.74 Å². The molecule has 0 bridgehead atoms. The predicted molar refractivity (Wildman–Crippen MR) is 63.8 cm³/mol. The van der Waals surface area contributed by atoms with E-state index in [4.69, 9.17) is 4.74 Å². The molecule has 2 unspecified atom stereocenters. The Morgan fingerprint density at radius 3 is 3.06 bits per heavy atom. The van der Waals surface area contributed by atoms with Gasteiger partial charge in [-0.25, -0.2) is 14.6 Å². The molecule has 1 aliphatic rings. The van der Waals surface area contributed by atoms with E-state index in [0.717, 1.165) is 16.9 Å². The first kappa shape index (κ1) is 9.78. The van der Waals surface area contributed by atoms with Gasteiger partial charge in [-0.15, -0.1) is 0 Å². The van der Waals surface area contributed by atoms with Crippen LogP contribution in [0.2, 0.25) is 0 Å². The molecule has 4 heterocycles. The molecule has 1 fully saturated rings. The summed E-state index contributed by atoms with van der Waals surface area (Å²) in [5.41, 5.74) is 2.72. The molecule has 0 saturated carbocycles. The fourth-order valence-electron chi connectivity index (χ4n) is 2.04. The van der Waals surface area contributed by atoms with Gasteiger partial charge in [0.05, 0.1) is 11.9 Å². The maximum Gasteiger partial charge on any atom is 0.176 e. The number of hydrogen-bond donors (Lipinski definition) is 0. The van der Waals surface area contributed by atoms with E-state index < -0.39 is 0 Å². The number of epoxide rings is 1. The zero-order chi connectivity index (χ0) is 12.1. The molecule has 6 heteroatoms. The van der Waals surface area contributed by atoms with Gasteiger partial charge in [-0.3, -0.25) is 4.40 Å². The summed E-state index contributed by atoms with van der Waals surface area (Å²) in [5.74, 6) is 0. The van der Waals surface area contributed by atoms with Crippen molar-refractivity contribution in [2.45, 2.75) is 19.3 Å². The van der Waals surface area contributed by atoms with E-state index in [1.54, 1.807) is 18.7 Å². The highest BCUT2D eigenvalue weighted by Crippen LogP contribution is 2.33. The fraction of sp³-hybridized carbons (Fsp3) is 0.250. The molecule has 1 aliphatic heterocycles. The van der Waals surface area contributed by atoms with Crippen molar-refractivity contribution in [1.29, 1.82) is 0 Å². The minimum Gasteiger partial charge on any atom is -0.346 e. The molecule has 0 N–H and O–H groups in total. The van der Waals surface area contributed by atoms with Crippen LogP contribution in [-0.4, -0.2) is 30.3 Å². The lowest BCUT2D eigenvalue weighted by molar-refractivity contribution is 0.323. The second kappa shape index (κ2) is 3.39. The lowest BCUT2D eigenvalue weighted by Crippen LogP contribution is -1.96. The topological polar surface area (TPSA) is 60.5 Å².